The van der Waals surface area contributed by atoms with Crippen molar-refractivity contribution in [3.63, 3.8) is 0 Å². The van der Waals surface area contributed by atoms with Gasteiger partial charge in [0.2, 0.25) is 17.7 Å². The summed E-state index contributed by atoms with van der Waals surface area (Å²) in [6.07, 6.45) is 1.52. The Balaban J connectivity index is 1.44. The van der Waals surface area contributed by atoms with Crippen LogP contribution in [0.25, 0.3) is 0 Å². The zero-order valence-electron chi connectivity index (χ0n) is 24.4. The second-order valence-corrected chi connectivity index (χ2v) is 11.6. The fraction of sp³-hybridized carbons (Fsp3) is 0.531. The Hall–Kier alpha value is -3.43. The molecule has 220 valence electrons. The maximum atomic E-state index is 14.2. The van der Waals surface area contributed by atoms with E-state index in [9.17, 15) is 19.5 Å². The summed E-state index contributed by atoms with van der Waals surface area (Å²) in [7, 11) is 0. The van der Waals surface area contributed by atoms with Crippen LogP contribution in [-0.2, 0) is 25.7 Å². The van der Waals surface area contributed by atoms with E-state index in [1.165, 1.54) is 4.90 Å². The Morgan fingerprint density at radius 3 is 2.34 bits per heavy atom. The van der Waals surface area contributed by atoms with Crippen LogP contribution in [0.1, 0.15) is 52.5 Å². The average Bonchev–Trinajstić information content (AvgIpc) is 3.55. The molecule has 0 radical (unpaired) electrons. The summed E-state index contributed by atoms with van der Waals surface area (Å²) in [6.45, 7) is 9.76. The van der Waals surface area contributed by atoms with Crippen molar-refractivity contribution in [2.24, 2.45) is 11.8 Å². The molecule has 3 N–H and O–H groups in total. The zero-order chi connectivity index (χ0) is 29.4. The Morgan fingerprint density at radius 2 is 1.73 bits per heavy atom. The number of likely N-dealkylation sites (tertiary alicyclic amines) is 1. The first kappa shape index (κ1) is 29.1. The van der Waals surface area contributed by atoms with E-state index in [-0.39, 0.29) is 24.3 Å². The number of ether oxygens (including phenoxy) is 1. The molecular weight excluding hydrogens is 520 g/mol. The molecule has 0 aliphatic carbocycles. The molecule has 0 saturated carbocycles. The molecule has 41 heavy (non-hydrogen) atoms. The third-order valence-corrected chi connectivity index (χ3v) is 9.39. The first-order chi connectivity index (χ1) is 19.7. The number of benzene rings is 2. The highest BCUT2D eigenvalue weighted by molar-refractivity contribution is 6.04. The second-order valence-electron chi connectivity index (χ2n) is 11.6. The quantitative estimate of drug-likeness (QED) is 0.388. The average molecular weight is 563 g/mol. The summed E-state index contributed by atoms with van der Waals surface area (Å²) in [5.74, 6) is -2.46. The molecule has 3 heterocycles. The van der Waals surface area contributed by atoms with Gasteiger partial charge in [-0.1, -0.05) is 37.3 Å². The number of aliphatic hydroxyl groups is 1. The van der Waals surface area contributed by atoms with E-state index in [2.05, 4.69) is 29.4 Å². The monoisotopic (exact) mass is 562 g/mol. The van der Waals surface area contributed by atoms with Crippen LogP contribution in [0, 0.1) is 11.8 Å². The minimum absolute atomic E-state index is 0.249. The van der Waals surface area contributed by atoms with E-state index in [0.717, 1.165) is 24.3 Å². The molecule has 3 saturated heterocycles. The van der Waals surface area contributed by atoms with Gasteiger partial charge in [-0.05, 0) is 69.9 Å². The van der Waals surface area contributed by atoms with E-state index in [1.54, 1.807) is 0 Å². The Labute approximate surface area is 242 Å². The van der Waals surface area contributed by atoms with Gasteiger partial charge >= 0.3 is 0 Å². The third kappa shape index (κ3) is 4.89. The number of nitrogens with one attached hydrogen (secondary N) is 2. The Morgan fingerprint density at radius 1 is 1.05 bits per heavy atom. The van der Waals surface area contributed by atoms with E-state index in [1.807, 2.05) is 68.4 Å². The van der Waals surface area contributed by atoms with Crippen LogP contribution in [-0.4, -0.2) is 70.7 Å². The van der Waals surface area contributed by atoms with Gasteiger partial charge in [-0.2, -0.15) is 0 Å². The first-order valence-corrected chi connectivity index (χ1v) is 14.8. The molecule has 3 amide bonds. The van der Waals surface area contributed by atoms with Gasteiger partial charge in [0.1, 0.15) is 11.6 Å². The van der Waals surface area contributed by atoms with Crippen LogP contribution >= 0.6 is 0 Å². The lowest BCUT2D eigenvalue weighted by molar-refractivity contribution is -0.148. The number of hydrogen-bond donors (Lipinski definition) is 3. The SMILES string of the molecule is CC[C@@H](CO)N1C(=O)[C@@H]2[C@H](C(=O)NCc3ccccc3)[C@]3(C)CCC2(O3)C1C(=O)Nc1ccc(N(CC)CC)cc1. The highest BCUT2D eigenvalue weighted by atomic mass is 16.5. The molecular formula is C32H42N4O5. The molecule has 1 spiro atoms. The van der Waals surface area contributed by atoms with Crippen LogP contribution in [0.3, 0.4) is 0 Å². The summed E-state index contributed by atoms with van der Waals surface area (Å²) in [6, 6.07) is 15.7. The normalized spacial score (nSPS) is 28.9. The third-order valence-electron chi connectivity index (χ3n) is 9.39. The number of carbonyl (C=O) groups is 3. The van der Waals surface area contributed by atoms with Gasteiger partial charge < -0.3 is 30.3 Å². The van der Waals surface area contributed by atoms with Gasteiger partial charge in [0.15, 0.2) is 0 Å². The molecule has 3 aliphatic rings. The van der Waals surface area contributed by atoms with Crippen molar-refractivity contribution < 1.29 is 24.2 Å². The standard InChI is InChI=1S/C32H42N4O5/c1-5-23(20-37)36-27(29(39)34-22-13-15-24(16-14-22)35(6-2)7-3)32-18-17-31(4,41-32)25(26(32)30(36)40)28(38)33-19-21-11-9-8-10-12-21/h8-16,23,25-27,37H,5-7,17-20H2,1-4H3,(H,33,38)(H,34,39)/t23-,25+,26-,27?,31-,32?/m0/s1. The van der Waals surface area contributed by atoms with Crippen molar-refractivity contribution in [2.75, 3.05) is 29.9 Å². The first-order valence-electron chi connectivity index (χ1n) is 14.8. The molecule has 0 aromatic heterocycles. The lowest BCUT2D eigenvalue weighted by Crippen LogP contribution is -2.56. The second kappa shape index (κ2) is 11.4. The predicted octanol–water partition coefficient (Wildman–Crippen LogP) is 3.32. The molecule has 6 atom stereocenters. The zero-order valence-corrected chi connectivity index (χ0v) is 24.4. The van der Waals surface area contributed by atoms with E-state index in [0.29, 0.717) is 31.5 Å². The van der Waals surface area contributed by atoms with E-state index >= 15 is 0 Å². The minimum Gasteiger partial charge on any atom is -0.394 e. The molecule has 2 unspecified atom stereocenters. The van der Waals surface area contributed by atoms with Crippen molar-refractivity contribution >= 4 is 29.1 Å². The molecule has 2 aromatic rings. The maximum absolute atomic E-state index is 14.2. The van der Waals surface area contributed by atoms with Crippen molar-refractivity contribution in [3.8, 4) is 0 Å². The van der Waals surface area contributed by atoms with Gasteiger partial charge in [0.25, 0.3) is 0 Å². The fourth-order valence-electron chi connectivity index (χ4n) is 7.32. The molecule has 5 rings (SSSR count). The molecule has 2 aromatic carbocycles. The lowest BCUT2D eigenvalue weighted by Gasteiger charge is -2.36. The van der Waals surface area contributed by atoms with Crippen molar-refractivity contribution in [2.45, 2.75) is 76.8 Å². The summed E-state index contributed by atoms with van der Waals surface area (Å²) >= 11 is 0. The van der Waals surface area contributed by atoms with Crippen LogP contribution in [0.15, 0.2) is 54.6 Å². The van der Waals surface area contributed by atoms with Gasteiger partial charge in [-0.15, -0.1) is 0 Å². The predicted molar refractivity (Wildman–Crippen MR) is 157 cm³/mol. The summed E-state index contributed by atoms with van der Waals surface area (Å²) < 4.78 is 6.68. The summed E-state index contributed by atoms with van der Waals surface area (Å²) in [4.78, 5) is 45.7. The van der Waals surface area contributed by atoms with Crippen LogP contribution in [0.5, 0.6) is 0 Å². The van der Waals surface area contributed by atoms with Gasteiger partial charge in [-0.25, -0.2) is 0 Å². The number of anilines is 2. The van der Waals surface area contributed by atoms with Gasteiger partial charge in [0.05, 0.1) is 30.1 Å². The number of hydrogen-bond acceptors (Lipinski definition) is 6. The highest BCUT2D eigenvalue weighted by Gasteiger charge is 2.78. The Kier molecular flexibility index (Phi) is 8.12. The topological polar surface area (TPSA) is 111 Å². The van der Waals surface area contributed by atoms with Crippen LogP contribution < -0.4 is 15.5 Å². The lowest BCUT2D eigenvalue weighted by atomic mass is 9.66. The molecule has 9 heteroatoms. The van der Waals surface area contributed by atoms with Crippen LogP contribution in [0.2, 0.25) is 0 Å². The summed E-state index contributed by atoms with van der Waals surface area (Å²) in [5.41, 5.74) is 0.628. The Bertz CT molecular complexity index is 1260. The molecule has 2 bridgehead atoms. The smallest absolute Gasteiger partial charge is 0.250 e. The van der Waals surface area contributed by atoms with Crippen molar-refractivity contribution in [1.29, 1.82) is 0 Å². The number of aliphatic hydroxyl groups excluding tert-OH is 1. The number of nitrogens with zero attached hydrogens (tertiary/aromatic N) is 2. The largest absolute Gasteiger partial charge is 0.394 e. The van der Waals surface area contributed by atoms with E-state index < -0.39 is 35.1 Å². The fourth-order valence-corrected chi connectivity index (χ4v) is 7.32. The minimum atomic E-state index is -1.14. The molecule has 9 nitrogen and oxygen atoms in total. The number of rotatable bonds is 11. The molecule has 3 fully saturated rings. The number of fused-ring (bicyclic) bond motifs is 1. The highest BCUT2D eigenvalue weighted by Crippen LogP contribution is 2.63. The van der Waals surface area contributed by atoms with Gasteiger partial charge in [0, 0.05) is 31.0 Å². The van der Waals surface area contributed by atoms with E-state index in [4.69, 9.17) is 4.74 Å². The molecule has 3 aliphatic heterocycles. The van der Waals surface area contributed by atoms with Crippen LogP contribution in [0.4, 0.5) is 11.4 Å². The van der Waals surface area contributed by atoms with Crippen molar-refractivity contribution in [1.82, 2.24) is 10.2 Å². The number of carbonyl (C=O) groups excluding carboxylic acids is 3. The number of amides is 3. The maximum Gasteiger partial charge on any atom is 0.250 e. The summed E-state index contributed by atoms with van der Waals surface area (Å²) in [5, 5.41) is 16.3. The van der Waals surface area contributed by atoms with Crippen molar-refractivity contribution in [3.05, 3.63) is 60.2 Å². The van der Waals surface area contributed by atoms with Gasteiger partial charge in [-0.3, -0.25) is 14.4 Å².